The Labute approximate surface area is 180 Å². The van der Waals surface area contributed by atoms with Crippen LogP contribution in [0.2, 0.25) is 0 Å². The van der Waals surface area contributed by atoms with Crippen LogP contribution in [0.1, 0.15) is 28.4 Å². The van der Waals surface area contributed by atoms with Crippen molar-refractivity contribution in [3.63, 3.8) is 0 Å². The first-order valence-electron chi connectivity index (χ1n) is 9.89. The van der Waals surface area contributed by atoms with Gasteiger partial charge in [0.15, 0.2) is 5.76 Å². The number of carbonyl (C=O) groups excluding carboxylic acids is 2. The lowest BCUT2D eigenvalue weighted by molar-refractivity contribution is -0.128. The molecular weight excluding hydrogens is 392 g/mol. The molecule has 0 aliphatic carbocycles. The van der Waals surface area contributed by atoms with Gasteiger partial charge in [-0.3, -0.25) is 4.79 Å². The van der Waals surface area contributed by atoms with Gasteiger partial charge in [-0.05, 0) is 42.8 Å². The number of ketones is 1. The minimum atomic E-state index is -0.516. The molecule has 154 valence electrons. The van der Waals surface area contributed by atoms with E-state index in [1.165, 1.54) is 6.08 Å². The van der Waals surface area contributed by atoms with Crippen molar-refractivity contribution in [3.8, 4) is 17.2 Å². The van der Waals surface area contributed by atoms with E-state index in [-0.39, 0.29) is 11.5 Å². The van der Waals surface area contributed by atoms with Crippen LogP contribution in [0.4, 0.5) is 0 Å². The van der Waals surface area contributed by atoms with Gasteiger partial charge in [0.1, 0.15) is 17.2 Å². The molecule has 5 nitrogen and oxygen atoms in total. The molecule has 0 N–H and O–H groups in total. The van der Waals surface area contributed by atoms with Gasteiger partial charge in [-0.1, -0.05) is 48.5 Å². The number of esters is 1. The van der Waals surface area contributed by atoms with Crippen molar-refractivity contribution in [2.75, 3.05) is 6.61 Å². The predicted octanol–water partition coefficient (Wildman–Crippen LogP) is 5.32. The lowest BCUT2D eigenvalue weighted by Crippen LogP contribution is -2.05. The van der Waals surface area contributed by atoms with E-state index in [9.17, 15) is 9.59 Å². The molecule has 0 amide bonds. The number of carbonyl (C=O) groups is 2. The Balaban J connectivity index is 1.53. The van der Waals surface area contributed by atoms with Crippen LogP contribution in [0.5, 0.6) is 17.2 Å². The average molecular weight is 412 g/mol. The highest BCUT2D eigenvalue weighted by molar-refractivity contribution is 6.14. The van der Waals surface area contributed by atoms with E-state index in [4.69, 9.17) is 14.2 Å². The summed E-state index contributed by atoms with van der Waals surface area (Å²) in [7, 11) is 0. The fourth-order valence-electron chi connectivity index (χ4n) is 3.13. The Hall–Kier alpha value is -4.12. The number of fused-ring (bicyclic) bond motifs is 1. The number of para-hydroxylation sites is 1. The van der Waals surface area contributed by atoms with Gasteiger partial charge in [0.2, 0.25) is 5.78 Å². The van der Waals surface area contributed by atoms with Gasteiger partial charge >= 0.3 is 5.97 Å². The average Bonchev–Trinajstić information content (AvgIpc) is 3.09. The summed E-state index contributed by atoms with van der Waals surface area (Å²) < 4.78 is 16.7. The fraction of sp³-hybridized carbons (Fsp3) is 0.0769. The highest BCUT2D eigenvalue weighted by Gasteiger charge is 2.28. The summed E-state index contributed by atoms with van der Waals surface area (Å²) in [4.78, 5) is 25.0. The third kappa shape index (κ3) is 4.73. The standard InChI is InChI=1S/C26H20O5/c1-2-29-20-13-14-21-23(17-20)30-24(26(21)28)16-19-10-6-7-11-22(19)31-25(27)15-12-18-8-4-3-5-9-18/h3-17H,2H2,1H3/b15-12+,24-16-. The number of Topliss-reactive ketones (excluding diaryl/α,β-unsaturated/α-hetero) is 1. The summed E-state index contributed by atoms with van der Waals surface area (Å²) in [5, 5.41) is 0. The van der Waals surface area contributed by atoms with E-state index in [1.54, 1.807) is 54.6 Å². The number of benzene rings is 3. The number of allylic oxidation sites excluding steroid dienone is 1. The Kier molecular flexibility index (Phi) is 5.94. The van der Waals surface area contributed by atoms with Gasteiger partial charge in [0, 0.05) is 17.7 Å². The summed E-state index contributed by atoms with van der Waals surface area (Å²) in [6.07, 6.45) is 4.62. The number of rotatable bonds is 6. The minimum absolute atomic E-state index is 0.159. The first kappa shape index (κ1) is 20.2. The van der Waals surface area contributed by atoms with Gasteiger partial charge in [-0.2, -0.15) is 0 Å². The molecule has 0 saturated carbocycles. The molecular formula is C26H20O5. The number of hydrogen-bond donors (Lipinski definition) is 0. The van der Waals surface area contributed by atoms with Gasteiger partial charge in [0.25, 0.3) is 0 Å². The van der Waals surface area contributed by atoms with E-state index in [2.05, 4.69) is 0 Å². The molecule has 3 aromatic rings. The van der Waals surface area contributed by atoms with Crippen LogP contribution in [0.25, 0.3) is 12.2 Å². The molecule has 0 unspecified atom stereocenters. The summed E-state index contributed by atoms with van der Waals surface area (Å²) in [5.74, 6) is 0.825. The number of ether oxygens (including phenoxy) is 3. The molecule has 0 spiro atoms. The van der Waals surface area contributed by atoms with Crippen molar-refractivity contribution in [1.29, 1.82) is 0 Å². The summed E-state index contributed by atoms with van der Waals surface area (Å²) >= 11 is 0. The molecule has 5 heteroatoms. The molecule has 0 atom stereocenters. The molecule has 0 radical (unpaired) electrons. The van der Waals surface area contributed by atoms with Crippen LogP contribution in [0.3, 0.4) is 0 Å². The third-order valence-corrected chi connectivity index (χ3v) is 4.58. The van der Waals surface area contributed by atoms with Crippen molar-refractivity contribution in [2.45, 2.75) is 6.92 Å². The van der Waals surface area contributed by atoms with E-state index in [0.717, 1.165) is 5.56 Å². The monoisotopic (exact) mass is 412 g/mol. The van der Waals surface area contributed by atoms with Crippen LogP contribution in [-0.4, -0.2) is 18.4 Å². The highest BCUT2D eigenvalue weighted by atomic mass is 16.5. The molecule has 31 heavy (non-hydrogen) atoms. The Morgan fingerprint density at radius 3 is 2.58 bits per heavy atom. The summed E-state index contributed by atoms with van der Waals surface area (Å²) in [6.45, 7) is 2.41. The molecule has 1 aliphatic heterocycles. The Morgan fingerprint density at radius 1 is 1.00 bits per heavy atom. The molecule has 4 rings (SSSR count). The Morgan fingerprint density at radius 2 is 1.77 bits per heavy atom. The predicted molar refractivity (Wildman–Crippen MR) is 118 cm³/mol. The van der Waals surface area contributed by atoms with Crippen molar-refractivity contribution in [1.82, 2.24) is 0 Å². The first-order chi connectivity index (χ1) is 15.1. The van der Waals surface area contributed by atoms with Crippen molar-refractivity contribution < 1.29 is 23.8 Å². The van der Waals surface area contributed by atoms with E-state index < -0.39 is 5.97 Å². The second-order valence-electron chi connectivity index (χ2n) is 6.73. The lowest BCUT2D eigenvalue weighted by Gasteiger charge is -2.06. The quantitative estimate of drug-likeness (QED) is 0.311. The largest absolute Gasteiger partial charge is 0.494 e. The molecule has 3 aromatic carbocycles. The fourth-order valence-corrected chi connectivity index (χ4v) is 3.13. The van der Waals surface area contributed by atoms with Crippen molar-refractivity contribution in [2.24, 2.45) is 0 Å². The van der Waals surface area contributed by atoms with Gasteiger partial charge < -0.3 is 14.2 Å². The molecule has 0 saturated heterocycles. The molecule has 1 heterocycles. The van der Waals surface area contributed by atoms with Crippen LogP contribution < -0.4 is 14.2 Å². The molecule has 0 fully saturated rings. The summed E-state index contributed by atoms with van der Waals surface area (Å²) in [6, 6.07) is 21.5. The zero-order chi connectivity index (χ0) is 21.6. The van der Waals surface area contributed by atoms with Crippen molar-refractivity contribution >= 4 is 23.9 Å². The van der Waals surface area contributed by atoms with Crippen LogP contribution in [0.15, 0.2) is 84.6 Å². The van der Waals surface area contributed by atoms with Gasteiger partial charge in [0.05, 0.1) is 12.2 Å². The highest BCUT2D eigenvalue weighted by Crippen LogP contribution is 2.35. The maximum atomic E-state index is 12.7. The van der Waals surface area contributed by atoms with Crippen LogP contribution in [-0.2, 0) is 4.79 Å². The van der Waals surface area contributed by atoms with Gasteiger partial charge in [-0.25, -0.2) is 4.79 Å². The summed E-state index contributed by atoms with van der Waals surface area (Å²) in [5.41, 5.74) is 1.92. The van der Waals surface area contributed by atoms with Crippen LogP contribution in [0, 0.1) is 0 Å². The maximum Gasteiger partial charge on any atom is 0.336 e. The molecule has 0 aromatic heterocycles. The van der Waals surface area contributed by atoms with Crippen LogP contribution >= 0.6 is 0 Å². The molecule has 1 aliphatic rings. The lowest BCUT2D eigenvalue weighted by atomic mass is 10.1. The second kappa shape index (κ2) is 9.13. The second-order valence-corrected chi connectivity index (χ2v) is 6.73. The van der Waals surface area contributed by atoms with Gasteiger partial charge in [-0.15, -0.1) is 0 Å². The normalized spacial score (nSPS) is 13.8. The number of hydrogen-bond acceptors (Lipinski definition) is 5. The SMILES string of the molecule is CCOc1ccc2c(c1)O/C(=C\c1ccccc1OC(=O)/C=C/c1ccccc1)C2=O. The topological polar surface area (TPSA) is 61.8 Å². The first-order valence-corrected chi connectivity index (χ1v) is 9.89. The zero-order valence-corrected chi connectivity index (χ0v) is 16.9. The minimum Gasteiger partial charge on any atom is -0.494 e. The van der Waals surface area contributed by atoms with E-state index >= 15 is 0 Å². The Bertz CT molecular complexity index is 1180. The third-order valence-electron chi connectivity index (χ3n) is 4.58. The maximum absolute atomic E-state index is 12.7. The van der Waals surface area contributed by atoms with E-state index in [1.807, 2.05) is 37.3 Å². The molecule has 0 bridgehead atoms. The smallest absolute Gasteiger partial charge is 0.336 e. The van der Waals surface area contributed by atoms with E-state index in [0.29, 0.717) is 35.0 Å². The van der Waals surface area contributed by atoms with Crippen molar-refractivity contribution in [3.05, 3.63) is 101 Å². The zero-order valence-electron chi connectivity index (χ0n) is 16.9.